The van der Waals surface area contributed by atoms with Gasteiger partial charge in [-0.3, -0.25) is 4.79 Å². The Morgan fingerprint density at radius 3 is 2.88 bits per heavy atom. The molecule has 2 heterocycles. The number of aliphatic hydroxyl groups excluding tert-OH is 1. The van der Waals surface area contributed by atoms with Gasteiger partial charge in [-0.15, -0.1) is 0 Å². The molecule has 0 bridgehead atoms. The summed E-state index contributed by atoms with van der Waals surface area (Å²) in [7, 11) is 0. The molecule has 134 valence electrons. The van der Waals surface area contributed by atoms with E-state index in [-0.39, 0.29) is 12.5 Å². The number of nitrogens with one attached hydrogen (secondary N) is 1. The van der Waals surface area contributed by atoms with Crippen LogP contribution in [0.4, 0.5) is 5.69 Å². The molecule has 1 amide bonds. The quantitative estimate of drug-likeness (QED) is 0.834. The molecule has 1 fully saturated rings. The summed E-state index contributed by atoms with van der Waals surface area (Å²) in [6.07, 6.45) is 2.45. The maximum Gasteiger partial charge on any atom is 0.253 e. The minimum atomic E-state index is 0.0334. The molecule has 1 aliphatic rings. The number of amides is 1. The molecule has 2 aromatic rings. The van der Waals surface area contributed by atoms with Gasteiger partial charge in [-0.25, -0.2) is 0 Å². The summed E-state index contributed by atoms with van der Waals surface area (Å²) < 4.78 is 5.15. The van der Waals surface area contributed by atoms with Crippen LogP contribution in [-0.4, -0.2) is 45.8 Å². The molecule has 0 aliphatic carbocycles. The molecule has 0 spiro atoms. The Balaban J connectivity index is 1.59. The van der Waals surface area contributed by atoms with Crippen molar-refractivity contribution in [1.29, 1.82) is 0 Å². The van der Waals surface area contributed by atoms with Crippen LogP contribution in [0.3, 0.4) is 0 Å². The van der Waals surface area contributed by atoms with Crippen molar-refractivity contribution in [2.24, 2.45) is 5.92 Å². The van der Waals surface area contributed by atoms with Crippen LogP contribution in [0.5, 0.6) is 0 Å². The second-order valence-electron chi connectivity index (χ2n) is 6.31. The zero-order valence-corrected chi connectivity index (χ0v) is 14.4. The van der Waals surface area contributed by atoms with E-state index < -0.39 is 0 Å². The Hall–Kier alpha value is -2.41. The van der Waals surface area contributed by atoms with Gasteiger partial charge >= 0.3 is 0 Å². The second kappa shape index (κ2) is 8.11. The summed E-state index contributed by atoms with van der Waals surface area (Å²) in [5.74, 6) is 1.57. The number of benzene rings is 1. The Morgan fingerprint density at radius 1 is 1.40 bits per heavy atom. The predicted octanol–water partition coefficient (Wildman–Crippen LogP) is 2.09. The van der Waals surface area contributed by atoms with E-state index in [2.05, 4.69) is 15.5 Å². The van der Waals surface area contributed by atoms with Gasteiger partial charge in [0, 0.05) is 37.4 Å². The molecular weight excluding hydrogens is 320 g/mol. The van der Waals surface area contributed by atoms with Gasteiger partial charge in [0.1, 0.15) is 0 Å². The van der Waals surface area contributed by atoms with E-state index in [1.54, 1.807) is 0 Å². The second-order valence-corrected chi connectivity index (χ2v) is 6.31. The number of carbonyl (C=O) groups is 1. The average molecular weight is 344 g/mol. The number of carbonyl (C=O) groups excluding carboxylic acids is 1. The van der Waals surface area contributed by atoms with Crippen LogP contribution >= 0.6 is 0 Å². The number of aliphatic hydroxyl groups is 1. The van der Waals surface area contributed by atoms with Crippen molar-refractivity contribution in [2.45, 2.75) is 32.7 Å². The average Bonchev–Trinajstić information content (AvgIpc) is 3.14. The first kappa shape index (κ1) is 17.4. The fourth-order valence-electron chi connectivity index (χ4n) is 2.95. The number of hydrogen-bond acceptors (Lipinski definition) is 6. The Bertz CT molecular complexity index is 708. The normalized spacial score (nSPS) is 15.4. The summed E-state index contributed by atoms with van der Waals surface area (Å²) in [6, 6.07) is 7.44. The third-order valence-corrected chi connectivity index (χ3v) is 4.54. The van der Waals surface area contributed by atoms with Crippen LogP contribution in [0.15, 0.2) is 28.8 Å². The van der Waals surface area contributed by atoms with E-state index in [4.69, 9.17) is 4.52 Å². The molecule has 1 saturated heterocycles. The monoisotopic (exact) mass is 344 g/mol. The Kier molecular flexibility index (Phi) is 5.65. The highest BCUT2D eigenvalue weighted by atomic mass is 16.5. The van der Waals surface area contributed by atoms with E-state index in [1.165, 1.54) is 0 Å². The fraction of sp³-hybridized carbons (Fsp3) is 0.500. The first-order chi connectivity index (χ1) is 12.2. The van der Waals surface area contributed by atoms with E-state index in [9.17, 15) is 9.90 Å². The third-order valence-electron chi connectivity index (χ3n) is 4.54. The maximum atomic E-state index is 12.7. The van der Waals surface area contributed by atoms with Gasteiger partial charge in [0.25, 0.3) is 5.91 Å². The van der Waals surface area contributed by atoms with Gasteiger partial charge in [-0.05, 0) is 37.0 Å². The Morgan fingerprint density at radius 2 is 2.20 bits per heavy atom. The molecule has 0 atom stereocenters. The number of nitrogens with zero attached hydrogens (tertiary/aromatic N) is 3. The molecule has 1 aliphatic heterocycles. The van der Waals surface area contributed by atoms with Crippen molar-refractivity contribution in [2.75, 3.05) is 25.0 Å². The van der Waals surface area contributed by atoms with Gasteiger partial charge in [0.15, 0.2) is 5.82 Å². The molecule has 0 unspecified atom stereocenters. The largest absolute Gasteiger partial charge is 0.396 e. The van der Waals surface area contributed by atoms with Gasteiger partial charge in [-0.1, -0.05) is 18.1 Å². The van der Waals surface area contributed by atoms with E-state index in [0.717, 1.165) is 24.9 Å². The molecule has 7 nitrogen and oxygen atoms in total. The van der Waals surface area contributed by atoms with Gasteiger partial charge in [-0.2, -0.15) is 4.98 Å². The van der Waals surface area contributed by atoms with Gasteiger partial charge in [0.2, 0.25) is 5.89 Å². The molecule has 1 aromatic heterocycles. The highest BCUT2D eigenvalue weighted by Crippen LogP contribution is 2.20. The summed E-state index contributed by atoms with van der Waals surface area (Å²) in [5, 5.41) is 16.3. The highest BCUT2D eigenvalue weighted by Gasteiger charge is 2.23. The molecule has 0 saturated carbocycles. The lowest BCUT2D eigenvalue weighted by atomic mass is 9.97. The fourth-order valence-corrected chi connectivity index (χ4v) is 2.95. The number of piperidine rings is 1. The SMILES string of the molecule is CCc1noc(CNc2cccc(C(=O)N3CCC(CO)CC3)c2)n1. The summed E-state index contributed by atoms with van der Waals surface area (Å²) in [4.78, 5) is 18.8. The van der Waals surface area contributed by atoms with Crippen molar-refractivity contribution in [3.63, 3.8) is 0 Å². The minimum Gasteiger partial charge on any atom is -0.396 e. The van der Waals surface area contributed by atoms with Crippen LogP contribution < -0.4 is 5.32 Å². The number of likely N-dealkylation sites (tertiary alicyclic amines) is 1. The third kappa shape index (κ3) is 4.36. The number of hydrogen-bond donors (Lipinski definition) is 2. The van der Waals surface area contributed by atoms with Crippen molar-refractivity contribution in [3.8, 4) is 0 Å². The molecule has 7 heteroatoms. The van der Waals surface area contributed by atoms with Crippen LogP contribution in [0, 0.1) is 5.92 Å². The number of rotatable bonds is 6. The molecule has 25 heavy (non-hydrogen) atoms. The van der Waals surface area contributed by atoms with E-state index >= 15 is 0 Å². The Labute approximate surface area is 147 Å². The first-order valence-corrected chi connectivity index (χ1v) is 8.75. The standard InChI is InChI=1S/C18H24N4O3/c1-2-16-20-17(25-21-16)11-19-15-5-3-4-14(10-15)18(24)22-8-6-13(12-23)7-9-22/h3-5,10,13,19,23H,2,6-9,11-12H2,1H3. The van der Waals surface area contributed by atoms with Gasteiger partial charge < -0.3 is 19.8 Å². The summed E-state index contributed by atoms with van der Waals surface area (Å²) >= 11 is 0. The zero-order valence-electron chi connectivity index (χ0n) is 14.4. The minimum absolute atomic E-state index is 0.0334. The lowest BCUT2D eigenvalue weighted by molar-refractivity contribution is 0.0651. The van der Waals surface area contributed by atoms with Crippen LogP contribution in [0.2, 0.25) is 0 Å². The molecule has 0 radical (unpaired) electrons. The van der Waals surface area contributed by atoms with Crippen LogP contribution in [0.1, 0.15) is 41.8 Å². The van der Waals surface area contributed by atoms with E-state index in [0.29, 0.717) is 42.8 Å². The van der Waals surface area contributed by atoms with E-state index in [1.807, 2.05) is 36.1 Å². The number of anilines is 1. The van der Waals surface area contributed by atoms with Gasteiger partial charge in [0.05, 0.1) is 6.54 Å². The number of aromatic nitrogens is 2. The van der Waals surface area contributed by atoms with Crippen LogP contribution in [0.25, 0.3) is 0 Å². The molecule has 3 rings (SSSR count). The maximum absolute atomic E-state index is 12.7. The van der Waals surface area contributed by atoms with Crippen molar-refractivity contribution in [1.82, 2.24) is 15.0 Å². The lowest BCUT2D eigenvalue weighted by Gasteiger charge is -2.31. The van der Waals surface area contributed by atoms with Crippen molar-refractivity contribution in [3.05, 3.63) is 41.5 Å². The topological polar surface area (TPSA) is 91.5 Å². The highest BCUT2D eigenvalue weighted by molar-refractivity contribution is 5.95. The lowest BCUT2D eigenvalue weighted by Crippen LogP contribution is -2.39. The first-order valence-electron chi connectivity index (χ1n) is 8.75. The zero-order chi connectivity index (χ0) is 17.6. The number of aryl methyl sites for hydroxylation is 1. The predicted molar refractivity (Wildman–Crippen MR) is 93.2 cm³/mol. The molecular formula is C18H24N4O3. The van der Waals surface area contributed by atoms with Crippen molar-refractivity contribution < 1.29 is 14.4 Å². The molecule has 1 aromatic carbocycles. The summed E-state index contributed by atoms with van der Waals surface area (Å²) in [6.45, 7) is 4.00. The molecule has 2 N–H and O–H groups in total. The smallest absolute Gasteiger partial charge is 0.253 e. The van der Waals surface area contributed by atoms with Crippen molar-refractivity contribution >= 4 is 11.6 Å². The van der Waals surface area contributed by atoms with Crippen LogP contribution in [-0.2, 0) is 13.0 Å². The summed E-state index contributed by atoms with van der Waals surface area (Å²) in [5.41, 5.74) is 1.50.